The summed E-state index contributed by atoms with van der Waals surface area (Å²) in [5.41, 5.74) is 8.38. The zero-order chi connectivity index (χ0) is 11.8. The molecule has 0 radical (unpaired) electrons. The number of nitrogens with zero attached hydrogens (tertiary/aromatic N) is 4. The SMILES string of the molecule is Cc1ccn2c(-c3csc(CN)n3)nnc2c1. The third-order valence-corrected chi connectivity index (χ3v) is 3.39. The van der Waals surface area contributed by atoms with Gasteiger partial charge in [0.2, 0.25) is 0 Å². The van der Waals surface area contributed by atoms with E-state index in [0.717, 1.165) is 27.7 Å². The van der Waals surface area contributed by atoms with Crippen molar-refractivity contribution in [2.24, 2.45) is 5.73 Å². The highest BCUT2D eigenvalue weighted by Gasteiger charge is 2.11. The highest BCUT2D eigenvalue weighted by Crippen LogP contribution is 2.20. The second kappa shape index (κ2) is 3.90. The van der Waals surface area contributed by atoms with Crippen LogP contribution in [0.1, 0.15) is 10.6 Å². The summed E-state index contributed by atoms with van der Waals surface area (Å²) in [5.74, 6) is 0.760. The van der Waals surface area contributed by atoms with Gasteiger partial charge in [-0.3, -0.25) is 4.40 Å². The minimum atomic E-state index is 0.459. The molecule has 2 N–H and O–H groups in total. The van der Waals surface area contributed by atoms with Gasteiger partial charge in [-0.25, -0.2) is 4.98 Å². The Hall–Kier alpha value is -1.79. The van der Waals surface area contributed by atoms with Crippen molar-refractivity contribution in [2.75, 3.05) is 0 Å². The number of hydrogen-bond donors (Lipinski definition) is 1. The van der Waals surface area contributed by atoms with Crippen LogP contribution in [0.3, 0.4) is 0 Å². The van der Waals surface area contributed by atoms with E-state index in [4.69, 9.17) is 5.73 Å². The molecule has 0 saturated heterocycles. The van der Waals surface area contributed by atoms with Crippen LogP contribution < -0.4 is 5.73 Å². The molecule has 0 aromatic carbocycles. The Morgan fingerprint density at radius 3 is 3.06 bits per heavy atom. The molecule has 86 valence electrons. The molecule has 0 amide bonds. The summed E-state index contributed by atoms with van der Waals surface area (Å²) in [5, 5.41) is 11.2. The van der Waals surface area contributed by atoms with Gasteiger partial charge in [0.25, 0.3) is 0 Å². The van der Waals surface area contributed by atoms with Crippen LogP contribution in [0.4, 0.5) is 0 Å². The molecule has 0 saturated carbocycles. The molecule has 0 aliphatic rings. The summed E-state index contributed by atoms with van der Waals surface area (Å²) in [4.78, 5) is 4.41. The lowest BCUT2D eigenvalue weighted by Crippen LogP contribution is -1.95. The van der Waals surface area contributed by atoms with E-state index in [9.17, 15) is 0 Å². The summed E-state index contributed by atoms with van der Waals surface area (Å²) in [6.45, 7) is 2.49. The van der Waals surface area contributed by atoms with Gasteiger partial charge in [-0.2, -0.15) is 0 Å². The molecule has 6 heteroatoms. The van der Waals surface area contributed by atoms with Gasteiger partial charge < -0.3 is 5.73 Å². The molecule has 3 aromatic heterocycles. The van der Waals surface area contributed by atoms with Crippen LogP contribution in [0, 0.1) is 6.92 Å². The second-order valence-electron chi connectivity index (χ2n) is 3.79. The predicted molar refractivity (Wildman–Crippen MR) is 66.7 cm³/mol. The fourth-order valence-corrected chi connectivity index (χ4v) is 2.33. The van der Waals surface area contributed by atoms with Crippen molar-refractivity contribution in [3.63, 3.8) is 0 Å². The number of nitrogens with two attached hydrogens (primary N) is 1. The normalized spacial score (nSPS) is 11.2. The van der Waals surface area contributed by atoms with Gasteiger partial charge in [0, 0.05) is 18.1 Å². The number of aromatic nitrogens is 4. The number of thiazole rings is 1. The number of hydrogen-bond acceptors (Lipinski definition) is 5. The highest BCUT2D eigenvalue weighted by atomic mass is 32.1. The first-order chi connectivity index (χ1) is 8.28. The van der Waals surface area contributed by atoms with Crippen LogP contribution >= 0.6 is 11.3 Å². The largest absolute Gasteiger partial charge is 0.325 e. The van der Waals surface area contributed by atoms with Crippen LogP contribution in [0.2, 0.25) is 0 Å². The van der Waals surface area contributed by atoms with Crippen molar-refractivity contribution < 1.29 is 0 Å². The summed E-state index contributed by atoms with van der Waals surface area (Å²) >= 11 is 1.54. The first-order valence-corrected chi connectivity index (χ1v) is 6.12. The Morgan fingerprint density at radius 2 is 2.29 bits per heavy atom. The minimum Gasteiger partial charge on any atom is -0.325 e. The fourth-order valence-electron chi connectivity index (χ4n) is 1.67. The van der Waals surface area contributed by atoms with Crippen molar-refractivity contribution >= 4 is 17.0 Å². The Bertz CT molecular complexity index is 669. The lowest BCUT2D eigenvalue weighted by molar-refractivity contribution is 1.02. The number of pyridine rings is 1. The molecular formula is C11H11N5S. The molecule has 17 heavy (non-hydrogen) atoms. The average Bonchev–Trinajstić information content (AvgIpc) is 2.93. The summed E-state index contributed by atoms with van der Waals surface area (Å²) in [6.07, 6.45) is 1.96. The van der Waals surface area contributed by atoms with E-state index in [1.807, 2.05) is 35.0 Å². The topological polar surface area (TPSA) is 69.1 Å². The third-order valence-electron chi connectivity index (χ3n) is 2.52. The summed E-state index contributed by atoms with van der Waals surface area (Å²) in [7, 11) is 0. The van der Waals surface area contributed by atoms with Crippen molar-refractivity contribution in [2.45, 2.75) is 13.5 Å². The Labute approximate surface area is 102 Å². The van der Waals surface area contributed by atoms with Gasteiger partial charge in [-0.05, 0) is 24.6 Å². The van der Waals surface area contributed by atoms with E-state index in [0.29, 0.717) is 6.54 Å². The van der Waals surface area contributed by atoms with E-state index in [-0.39, 0.29) is 0 Å². The van der Waals surface area contributed by atoms with Gasteiger partial charge >= 0.3 is 0 Å². The smallest absolute Gasteiger partial charge is 0.187 e. The van der Waals surface area contributed by atoms with E-state index in [1.54, 1.807) is 11.3 Å². The molecule has 0 atom stereocenters. The summed E-state index contributed by atoms with van der Waals surface area (Å²) in [6, 6.07) is 4.02. The van der Waals surface area contributed by atoms with Crippen LogP contribution in [0.25, 0.3) is 17.2 Å². The van der Waals surface area contributed by atoms with Crippen molar-refractivity contribution in [3.8, 4) is 11.5 Å². The maximum Gasteiger partial charge on any atom is 0.187 e. The Balaban J connectivity index is 2.17. The van der Waals surface area contributed by atoms with Crippen LogP contribution in [-0.4, -0.2) is 19.6 Å². The standard InChI is InChI=1S/C11H11N5S/c1-7-2-3-16-9(4-7)14-15-11(16)8-6-17-10(5-12)13-8/h2-4,6H,5,12H2,1H3. The van der Waals surface area contributed by atoms with Gasteiger partial charge in [0.15, 0.2) is 11.5 Å². The van der Waals surface area contributed by atoms with Gasteiger partial charge in [0.1, 0.15) is 10.7 Å². The predicted octanol–water partition coefficient (Wildman–Crippen LogP) is 1.62. The lowest BCUT2D eigenvalue weighted by Gasteiger charge is -1.97. The molecule has 0 spiro atoms. The first-order valence-electron chi connectivity index (χ1n) is 5.24. The average molecular weight is 245 g/mol. The zero-order valence-electron chi connectivity index (χ0n) is 9.29. The second-order valence-corrected chi connectivity index (χ2v) is 4.73. The zero-order valence-corrected chi connectivity index (χ0v) is 10.1. The first kappa shape index (κ1) is 10.4. The van der Waals surface area contributed by atoms with Crippen LogP contribution in [0.15, 0.2) is 23.7 Å². The minimum absolute atomic E-state index is 0.459. The van der Waals surface area contributed by atoms with Gasteiger partial charge in [-0.15, -0.1) is 21.5 Å². The lowest BCUT2D eigenvalue weighted by atomic mass is 10.3. The van der Waals surface area contributed by atoms with Gasteiger partial charge in [0.05, 0.1) is 0 Å². The molecule has 3 rings (SSSR count). The molecule has 3 aromatic rings. The molecule has 0 fully saturated rings. The number of aryl methyl sites for hydroxylation is 1. The summed E-state index contributed by atoms with van der Waals surface area (Å²) < 4.78 is 1.93. The molecule has 3 heterocycles. The molecule has 5 nitrogen and oxygen atoms in total. The van der Waals surface area contributed by atoms with Crippen molar-refractivity contribution in [1.29, 1.82) is 0 Å². The van der Waals surface area contributed by atoms with E-state index < -0.39 is 0 Å². The van der Waals surface area contributed by atoms with Crippen molar-refractivity contribution in [1.82, 2.24) is 19.6 Å². The van der Waals surface area contributed by atoms with E-state index in [2.05, 4.69) is 15.2 Å². The number of fused-ring (bicyclic) bond motifs is 1. The fraction of sp³-hybridized carbons (Fsp3) is 0.182. The highest BCUT2D eigenvalue weighted by molar-refractivity contribution is 7.09. The van der Waals surface area contributed by atoms with E-state index in [1.165, 1.54) is 0 Å². The third kappa shape index (κ3) is 1.71. The van der Waals surface area contributed by atoms with Crippen LogP contribution in [0.5, 0.6) is 0 Å². The van der Waals surface area contributed by atoms with E-state index >= 15 is 0 Å². The molecule has 0 bridgehead atoms. The number of rotatable bonds is 2. The molecule has 0 aliphatic heterocycles. The van der Waals surface area contributed by atoms with Gasteiger partial charge in [-0.1, -0.05) is 0 Å². The molecular weight excluding hydrogens is 234 g/mol. The van der Waals surface area contributed by atoms with Crippen molar-refractivity contribution in [3.05, 3.63) is 34.3 Å². The quantitative estimate of drug-likeness (QED) is 0.745. The monoisotopic (exact) mass is 245 g/mol. The Morgan fingerprint density at radius 1 is 1.41 bits per heavy atom. The van der Waals surface area contributed by atoms with Crippen LogP contribution in [-0.2, 0) is 6.54 Å². The maximum atomic E-state index is 5.55. The molecule has 0 unspecified atom stereocenters. The maximum absolute atomic E-state index is 5.55. The Kier molecular flexibility index (Phi) is 2.38. The molecule has 0 aliphatic carbocycles.